The van der Waals surface area contributed by atoms with Crippen LogP contribution in [0, 0.1) is 5.82 Å². The Balaban J connectivity index is 2.24. The van der Waals surface area contributed by atoms with Gasteiger partial charge in [0.25, 0.3) is 0 Å². The molecule has 1 heterocycles. The molecule has 0 spiro atoms. The third kappa shape index (κ3) is 1.58. The monoisotopic (exact) mass is 255 g/mol. The molecule has 1 aliphatic heterocycles. The van der Waals surface area contributed by atoms with E-state index in [-0.39, 0.29) is 11.7 Å². The highest BCUT2D eigenvalue weighted by molar-refractivity contribution is 6.08. The second kappa shape index (κ2) is 4.19. The molecule has 2 aromatic carbocycles. The molecule has 2 nitrogen and oxygen atoms in total. The Labute approximate surface area is 111 Å². The van der Waals surface area contributed by atoms with E-state index in [0.29, 0.717) is 6.42 Å². The number of hydrogen-bond donors (Lipinski definition) is 1. The molecule has 1 unspecified atom stereocenters. The fourth-order valence-corrected chi connectivity index (χ4v) is 2.89. The van der Waals surface area contributed by atoms with Gasteiger partial charge in [-0.2, -0.15) is 0 Å². The molecule has 1 aliphatic rings. The van der Waals surface area contributed by atoms with Crippen LogP contribution in [0.5, 0.6) is 0 Å². The van der Waals surface area contributed by atoms with Crippen molar-refractivity contribution >= 4 is 11.6 Å². The topological polar surface area (TPSA) is 29.1 Å². The summed E-state index contributed by atoms with van der Waals surface area (Å²) in [6, 6.07) is 13.9. The van der Waals surface area contributed by atoms with Gasteiger partial charge in [0.1, 0.15) is 11.2 Å². The number of amides is 1. The number of halogens is 1. The normalized spacial score (nSPS) is 21.1. The molecule has 1 N–H and O–H groups in total. The smallest absolute Gasteiger partial charge is 0.239 e. The fraction of sp³-hybridized carbons (Fsp3) is 0.188. The van der Waals surface area contributed by atoms with Gasteiger partial charge >= 0.3 is 0 Å². The van der Waals surface area contributed by atoms with Crippen LogP contribution in [-0.2, 0) is 10.2 Å². The van der Waals surface area contributed by atoms with E-state index in [0.717, 1.165) is 16.8 Å². The highest BCUT2D eigenvalue weighted by Gasteiger charge is 2.46. The second-order valence-corrected chi connectivity index (χ2v) is 4.77. The first-order valence-corrected chi connectivity index (χ1v) is 6.35. The van der Waals surface area contributed by atoms with Gasteiger partial charge in [-0.15, -0.1) is 0 Å². The Hall–Kier alpha value is -2.16. The molecule has 0 bridgehead atoms. The molecule has 1 atom stereocenters. The lowest BCUT2D eigenvalue weighted by atomic mass is 9.73. The summed E-state index contributed by atoms with van der Waals surface area (Å²) in [5, 5.41) is 2.92. The number of fused-ring (bicyclic) bond motifs is 1. The number of hydrogen-bond acceptors (Lipinski definition) is 1. The number of rotatable bonds is 2. The lowest BCUT2D eigenvalue weighted by molar-refractivity contribution is -0.119. The van der Waals surface area contributed by atoms with Crippen LogP contribution in [0.15, 0.2) is 48.5 Å². The minimum Gasteiger partial charge on any atom is -0.325 e. The van der Waals surface area contributed by atoms with E-state index in [4.69, 9.17) is 0 Å². The number of para-hydroxylation sites is 1. The molecular weight excluding hydrogens is 241 g/mol. The zero-order valence-corrected chi connectivity index (χ0v) is 10.6. The van der Waals surface area contributed by atoms with Gasteiger partial charge in [-0.3, -0.25) is 4.79 Å². The van der Waals surface area contributed by atoms with Crippen LogP contribution >= 0.6 is 0 Å². The summed E-state index contributed by atoms with van der Waals surface area (Å²) >= 11 is 0. The van der Waals surface area contributed by atoms with Crippen LogP contribution in [-0.4, -0.2) is 5.91 Å². The predicted octanol–water partition coefficient (Wildman–Crippen LogP) is 3.47. The van der Waals surface area contributed by atoms with Crippen LogP contribution in [0.25, 0.3) is 0 Å². The van der Waals surface area contributed by atoms with Crippen molar-refractivity contribution in [3.8, 4) is 0 Å². The minimum absolute atomic E-state index is 0.0391. The van der Waals surface area contributed by atoms with Crippen LogP contribution in [0.4, 0.5) is 10.1 Å². The molecule has 0 fully saturated rings. The molecule has 2 aromatic rings. The van der Waals surface area contributed by atoms with Crippen molar-refractivity contribution in [1.82, 2.24) is 0 Å². The maximum atomic E-state index is 13.1. The predicted molar refractivity (Wildman–Crippen MR) is 72.5 cm³/mol. The van der Waals surface area contributed by atoms with Crippen molar-refractivity contribution < 1.29 is 9.18 Å². The lowest BCUT2D eigenvalue weighted by Crippen LogP contribution is -2.35. The summed E-state index contributed by atoms with van der Waals surface area (Å²) in [5.41, 5.74) is 1.94. The zero-order chi connectivity index (χ0) is 13.5. The molecule has 0 saturated carbocycles. The van der Waals surface area contributed by atoms with Crippen LogP contribution in [0.3, 0.4) is 0 Å². The highest BCUT2D eigenvalue weighted by atomic mass is 19.1. The van der Waals surface area contributed by atoms with Gasteiger partial charge in [-0.25, -0.2) is 4.39 Å². The molecular formula is C16H14FNO. The summed E-state index contributed by atoms with van der Waals surface area (Å²) in [7, 11) is 0. The number of nitrogens with one attached hydrogen (secondary N) is 1. The molecule has 0 aliphatic carbocycles. The van der Waals surface area contributed by atoms with Crippen molar-refractivity contribution in [3.05, 3.63) is 65.5 Å². The number of anilines is 1. The van der Waals surface area contributed by atoms with Crippen molar-refractivity contribution in [2.24, 2.45) is 0 Å². The average molecular weight is 255 g/mol. The molecule has 19 heavy (non-hydrogen) atoms. The number of carbonyl (C=O) groups is 1. The largest absolute Gasteiger partial charge is 0.325 e. The van der Waals surface area contributed by atoms with Crippen LogP contribution in [0.1, 0.15) is 24.5 Å². The maximum Gasteiger partial charge on any atom is 0.239 e. The van der Waals surface area contributed by atoms with Gasteiger partial charge in [0.2, 0.25) is 5.91 Å². The molecule has 3 heteroatoms. The Kier molecular flexibility index (Phi) is 2.63. The Bertz CT molecular complexity index is 635. The van der Waals surface area contributed by atoms with Crippen LogP contribution in [0.2, 0.25) is 0 Å². The maximum absolute atomic E-state index is 13.1. The SMILES string of the molecule is CCC1(c2ccc(F)cc2)C(=O)Nc2ccccc21. The second-order valence-electron chi connectivity index (χ2n) is 4.77. The van der Waals surface area contributed by atoms with Crippen LogP contribution < -0.4 is 5.32 Å². The van der Waals surface area contributed by atoms with E-state index < -0.39 is 5.41 Å². The summed E-state index contributed by atoms with van der Waals surface area (Å²) in [6.07, 6.45) is 0.640. The van der Waals surface area contributed by atoms with E-state index in [1.54, 1.807) is 12.1 Å². The lowest BCUT2D eigenvalue weighted by Gasteiger charge is -2.26. The number of benzene rings is 2. The van der Waals surface area contributed by atoms with E-state index >= 15 is 0 Å². The molecule has 0 saturated heterocycles. The van der Waals surface area contributed by atoms with E-state index in [1.807, 2.05) is 31.2 Å². The molecule has 96 valence electrons. The van der Waals surface area contributed by atoms with Gasteiger partial charge in [-0.05, 0) is 35.7 Å². The van der Waals surface area contributed by atoms with E-state index in [9.17, 15) is 9.18 Å². The average Bonchev–Trinajstić information content (AvgIpc) is 2.72. The fourth-order valence-electron chi connectivity index (χ4n) is 2.89. The zero-order valence-electron chi connectivity index (χ0n) is 10.6. The molecule has 3 rings (SSSR count). The highest BCUT2D eigenvalue weighted by Crippen LogP contribution is 2.44. The first-order valence-electron chi connectivity index (χ1n) is 6.35. The Morgan fingerprint density at radius 2 is 1.79 bits per heavy atom. The summed E-state index contributed by atoms with van der Waals surface area (Å²) in [5.74, 6) is -0.329. The molecule has 0 aromatic heterocycles. The quantitative estimate of drug-likeness (QED) is 0.874. The Morgan fingerprint density at radius 3 is 2.47 bits per heavy atom. The summed E-state index contributed by atoms with van der Waals surface area (Å²) in [4.78, 5) is 12.5. The third-order valence-electron chi connectivity index (χ3n) is 3.89. The molecule has 0 radical (unpaired) electrons. The van der Waals surface area contributed by atoms with Gasteiger partial charge in [0.15, 0.2) is 0 Å². The minimum atomic E-state index is -0.704. The van der Waals surface area contributed by atoms with Crippen molar-refractivity contribution in [2.75, 3.05) is 5.32 Å². The van der Waals surface area contributed by atoms with Gasteiger partial charge in [-0.1, -0.05) is 37.3 Å². The third-order valence-corrected chi connectivity index (χ3v) is 3.89. The molecule has 1 amide bonds. The van der Waals surface area contributed by atoms with Crippen molar-refractivity contribution in [3.63, 3.8) is 0 Å². The first-order chi connectivity index (χ1) is 9.18. The summed E-state index contributed by atoms with van der Waals surface area (Å²) < 4.78 is 13.1. The van der Waals surface area contributed by atoms with Crippen molar-refractivity contribution in [2.45, 2.75) is 18.8 Å². The summed E-state index contributed by atoms with van der Waals surface area (Å²) in [6.45, 7) is 1.98. The van der Waals surface area contributed by atoms with Gasteiger partial charge in [0, 0.05) is 5.69 Å². The first kappa shape index (κ1) is 11.9. The van der Waals surface area contributed by atoms with Gasteiger partial charge < -0.3 is 5.32 Å². The van der Waals surface area contributed by atoms with Crippen molar-refractivity contribution in [1.29, 1.82) is 0 Å². The number of carbonyl (C=O) groups excluding carboxylic acids is 1. The van der Waals surface area contributed by atoms with E-state index in [2.05, 4.69) is 5.32 Å². The van der Waals surface area contributed by atoms with Gasteiger partial charge in [0.05, 0.1) is 0 Å². The standard InChI is InChI=1S/C16H14FNO/c1-2-16(11-7-9-12(17)10-8-11)13-5-3-4-6-14(13)18-15(16)19/h3-10H,2H2,1H3,(H,18,19). The van der Waals surface area contributed by atoms with E-state index in [1.165, 1.54) is 12.1 Å². The Morgan fingerprint density at radius 1 is 1.11 bits per heavy atom.